The minimum Gasteiger partial charge on any atom is -0.481 e. The number of carbonyl (C=O) groups excluding carboxylic acids is 1. The molecule has 2 aromatic heterocycles. The Morgan fingerprint density at radius 2 is 2.13 bits per heavy atom. The molecule has 1 amide bonds. The average Bonchev–Trinajstić information content (AvgIpc) is 3.47. The van der Waals surface area contributed by atoms with Gasteiger partial charge in [-0.05, 0) is 31.2 Å². The van der Waals surface area contributed by atoms with Crippen molar-refractivity contribution in [2.75, 3.05) is 46.6 Å². The van der Waals surface area contributed by atoms with E-state index in [0.29, 0.717) is 55.2 Å². The summed E-state index contributed by atoms with van der Waals surface area (Å²) in [5.74, 6) is 2.33. The van der Waals surface area contributed by atoms with E-state index in [4.69, 9.17) is 18.7 Å². The molecule has 162 valence electrons. The number of amides is 1. The van der Waals surface area contributed by atoms with Crippen LogP contribution in [0.3, 0.4) is 0 Å². The smallest absolute Gasteiger partial charge is 0.255 e. The lowest BCUT2D eigenvalue weighted by atomic mass is 10.0. The highest BCUT2D eigenvalue weighted by molar-refractivity contribution is 5.94. The molecule has 1 unspecified atom stereocenters. The van der Waals surface area contributed by atoms with Crippen molar-refractivity contribution < 1.29 is 23.5 Å². The SMILES string of the molecule is COc1ccc(C(=O)N2CCC(c3nc(CCOCC4CCOCC4)no3)C2)cn1. The van der Waals surface area contributed by atoms with Crippen molar-refractivity contribution in [1.29, 1.82) is 0 Å². The topological polar surface area (TPSA) is 99.8 Å². The molecule has 0 radical (unpaired) electrons. The molecule has 1 atom stereocenters. The van der Waals surface area contributed by atoms with Gasteiger partial charge in [0, 0.05) is 51.6 Å². The van der Waals surface area contributed by atoms with E-state index < -0.39 is 0 Å². The number of likely N-dealkylation sites (tertiary alicyclic amines) is 1. The van der Waals surface area contributed by atoms with Gasteiger partial charge in [-0.25, -0.2) is 4.98 Å². The molecule has 9 heteroatoms. The van der Waals surface area contributed by atoms with Crippen LogP contribution < -0.4 is 4.74 Å². The first kappa shape index (κ1) is 20.7. The molecule has 2 aliphatic rings. The molecular weight excluding hydrogens is 388 g/mol. The molecule has 2 aliphatic heterocycles. The number of pyridine rings is 1. The van der Waals surface area contributed by atoms with Crippen LogP contribution in [-0.2, 0) is 15.9 Å². The van der Waals surface area contributed by atoms with Crippen LogP contribution in [0, 0.1) is 5.92 Å². The lowest BCUT2D eigenvalue weighted by Crippen LogP contribution is -2.28. The van der Waals surface area contributed by atoms with Gasteiger partial charge in [-0.1, -0.05) is 5.16 Å². The number of rotatable bonds is 8. The third kappa shape index (κ3) is 5.14. The van der Waals surface area contributed by atoms with Crippen molar-refractivity contribution in [2.45, 2.75) is 31.6 Å². The number of ether oxygens (including phenoxy) is 3. The summed E-state index contributed by atoms with van der Waals surface area (Å²) >= 11 is 0. The molecule has 0 bridgehead atoms. The Hall–Kier alpha value is -2.52. The Morgan fingerprint density at radius 3 is 2.90 bits per heavy atom. The third-order valence-electron chi connectivity index (χ3n) is 5.67. The number of nitrogens with zero attached hydrogens (tertiary/aromatic N) is 4. The summed E-state index contributed by atoms with van der Waals surface area (Å²) in [6.07, 6.45) is 5.10. The van der Waals surface area contributed by atoms with Crippen molar-refractivity contribution in [3.63, 3.8) is 0 Å². The molecule has 0 aliphatic carbocycles. The van der Waals surface area contributed by atoms with Gasteiger partial charge in [-0.15, -0.1) is 0 Å². The quantitative estimate of drug-likeness (QED) is 0.603. The van der Waals surface area contributed by atoms with Gasteiger partial charge in [0.15, 0.2) is 5.82 Å². The summed E-state index contributed by atoms with van der Waals surface area (Å²) in [5.41, 5.74) is 0.546. The Labute approximate surface area is 175 Å². The van der Waals surface area contributed by atoms with Crippen molar-refractivity contribution in [3.05, 3.63) is 35.6 Å². The number of aromatic nitrogens is 3. The second kappa shape index (κ2) is 9.99. The van der Waals surface area contributed by atoms with Gasteiger partial charge in [-0.3, -0.25) is 4.79 Å². The predicted molar refractivity (Wildman–Crippen MR) is 106 cm³/mol. The average molecular weight is 416 g/mol. The van der Waals surface area contributed by atoms with Gasteiger partial charge in [0.2, 0.25) is 11.8 Å². The lowest BCUT2D eigenvalue weighted by molar-refractivity contribution is 0.0211. The highest BCUT2D eigenvalue weighted by Gasteiger charge is 2.31. The van der Waals surface area contributed by atoms with Gasteiger partial charge in [-0.2, -0.15) is 4.98 Å². The Kier molecular flexibility index (Phi) is 6.91. The molecule has 4 rings (SSSR count). The maximum absolute atomic E-state index is 12.7. The van der Waals surface area contributed by atoms with Crippen LogP contribution in [0.5, 0.6) is 5.88 Å². The van der Waals surface area contributed by atoms with Crippen molar-refractivity contribution in [1.82, 2.24) is 20.0 Å². The molecule has 0 spiro atoms. The molecule has 2 saturated heterocycles. The minimum absolute atomic E-state index is 0.0473. The van der Waals surface area contributed by atoms with Crippen LogP contribution in [0.15, 0.2) is 22.9 Å². The minimum atomic E-state index is -0.0473. The molecule has 4 heterocycles. The molecule has 0 aromatic carbocycles. The standard InChI is InChI=1S/C21H28N4O5/c1-27-19-3-2-16(12-22-19)21(26)25-8-4-17(13-25)20-23-18(24-30-20)7-11-29-14-15-5-9-28-10-6-15/h2-3,12,15,17H,4-11,13-14H2,1H3. The largest absolute Gasteiger partial charge is 0.481 e. The molecule has 2 fully saturated rings. The summed E-state index contributed by atoms with van der Waals surface area (Å²) in [6, 6.07) is 3.42. The van der Waals surface area contributed by atoms with Crippen LogP contribution in [0.2, 0.25) is 0 Å². The molecule has 30 heavy (non-hydrogen) atoms. The van der Waals surface area contributed by atoms with Crippen molar-refractivity contribution >= 4 is 5.91 Å². The van der Waals surface area contributed by atoms with Crippen LogP contribution in [-0.4, -0.2) is 72.6 Å². The molecular formula is C21H28N4O5. The molecule has 0 saturated carbocycles. The van der Waals surface area contributed by atoms with Crippen LogP contribution >= 0.6 is 0 Å². The lowest BCUT2D eigenvalue weighted by Gasteiger charge is -2.21. The highest BCUT2D eigenvalue weighted by Crippen LogP contribution is 2.27. The number of methoxy groups -OCH3 is 1. The highest BCUT2D eigenvalue weighted by atomic mass is 16.5. The first-order valence-corrected chi connectivity index (χ1v) is 10.5. The first-order chi connectivity index (χ1) is 14.7. The third-order valence-corrected chi connectivity index (χ3v) is 5.67. The van der Waals surface area contributed by atoms with Gasteiger partial charge in [0.1, 0.15) is 0 Å². The van der Waals surface area contributed by atoms with Gasteiger partial charge in [0.25, 0.3) is 5.91 Å². The fourth-order valence-electron chi connectivity index (χ4n) is 3.82. The Balaban J connectivity index is 1.23. The van der Waals surface area contributed by atoms with E-state index in [2.05, 4.69) is 15.1 Å². The van der Waals surface area contributed by atoms with Crippen LogP contribution in [0.1, 0.15) is 47.3 Å². The predicted octanol–water partition coefficient (Wildman–Crippen LogP) is 2.09. The maximum atomic E-state index is 12.7. The molecule has 9 nitrogen and oxygen atoms in total. The number of hydrogen-bond donors (Lipinski definition) is 0. The fourth-order valence-corrected chi connectivity index (χ4v) is 3.82. The second-order valence-electron chi connectivity index (χ2n) is 7.76. The van der Waals surface area contributed by atoms with E-state index in [-0.39, 0.29) is 11.8 Å². The van der Waals surface area contributed by atoms with Gasteiger partial charge < -0.3 is 23.6 Å². The summed E-state index contributed by atoms with van der Waals surface area (Å²) in [7, 11) is 1.55. The van der Waals surface area contributed by atoms with Crippen molar-refractivity contribution in [2.24, 2.45) is 5.92 Å². The molecule has 2 aromatic rings. The first-order valence-electron chi connectivity index (χ1n) is 10.5. The van der Waals surface area contributed by atoms with E-state index in [1.165, 1.54) is 0 Å². The Morgan fingerprint density at radius 1 is 1.27 bits per heavy atom. The van der Waals surface area contributed by atoms with Gasteiger partial charge in [0.05, 0.1) is 25.2 Å². The fraction of sp³-hybridized carbons (Fsp3) is 0.619. The van der Waals surface area contributed by atoms with E-state index >= 15 is 0 Å². The zero-order chi connectivity index (χ0) is 20.8. The maximum Gasteiger partial charge on any atom is 0.255 e. The number of hydrogen-bond acceptors (Lipinski definition) is 8. The van der Waals surface area contributed by atoms with E-state index in [9.17, 15) is 4.79 Å². The summed E-state index contributed by atoms with van der Waals surface area (Å²) in [4.78, 5) is 23.1. The summed E-state index contributed by atoms with van der Waals surface area (Å²) in [5, 5.41) is 4.08. The number of carbonyl (C=O) groups is 1. The van der Waals surface area contributed by atoms with E-state index in [1.54, 1.807) is 30.3 Å². The monoisotopic (exact) mass is 416 g/mol. The van der Waals surface area contributed by atoms with Crippen molar-refractivity contribution in [3.8, 4) is 5.88 Å². The van der Waals surface area contributed by atoms with E-state index in [0.717, 1.165) is 39.1 Å². The van der Waals surface area contributed by atoms with E-state index in [1.807, 2.05) is 0 Å². The normalized spacial score (nSPS) is 19.9. The van der Waals surface area contributed by atoms with Crippen LogP contribution in [0.25, 0.3) is 0 Å². The zero-order valence-electron chi connectivity index (χ0n) is 17.3. The summed E-state index contributed by atoms with van der Waals surface area (Å²) < 4.78 is 21.6. The van der Waals surface area contributed by atoms with Crippen LogP contribution in [0.4, 0.5) is 0 Å². The molecule has 0 N–H and O–H groups in total. The Bertz CT molecular complexity index is 819. The second-order valence-corrected chi connectivity index (χ2v) is 7.76. The van der Waals surface area contributed by atoms with Gasteiger partial charge >= 0.3 is 0 Å². The summed E-state index contributed by atoms with van der Waals surface area (Å²) in [6.45, 7) is 4.22. The zero-order valence-corrected chi connectivity index (χ0v) is 17.3.